The maximum atomic E-state index is 13.0. The Hall–Kier alpha value is -2.83. The molecule has 6 nitrogen and oxygen atoms in total. The predicted octanol–water partition coefficient (Wildman–Crippen LogP) is 3.78. The molecule has 30 heavy (non-hydrogen) atoms. The first-order valence-electron chi connectivity index (χ1n) is 10.4. The molecule has 2 aromatic rings. The van der Waals surface area contributed by atoms with E-state index in [0.29, 0.717) is 12.2 Å². The smallest absolute Gasteiger partial charge is 0.228 e. The number of hydrogen-bond donors (Lipinski definition) is 1. The molecule has 2 heterocycles. The summed E-state index contributed by atoms with van der Waals surface area (Å²) in [6.45, 7) is 9.04. The van der Waals surface area contributed by atoms with Crippen LogP contribution in [0.15, 0.2) is 24.3 Å². The first-order chi connectivity index (χ1) is 14.2. The van der Waals surface area contributed by atoms with E-state index >= 15 is 0 Å². The van der Waals surface area contributed by atoms with E-state index in [0.717, 1.165) is 42.2 Å². The zero-order chi connectivity index (χ0) is 21.8. The van der Waals surface area contributed by atoms with Gasteiger partial charge >= 0.3 is 0 Å². The highest BCUT2D eigenvalue weighted by Gasteiger charge is 2.28. The Bertz CT molecular complexity index is 904. The number of anilines is 1. The van der Waals surface area contributed by atoms with Crippen LogP contribution in [0, 0.1) is 25.6 Å². The van der Waals surface area contributed by atoms with E-state index in [1.165, 1.54) is 24.3 Å². The van der Waals surface area contributed by atoms with Gasteiger partial charge in [0, 0.05) is 47.6 Å². The Morgan fingerprint density at radius 1 is 1.17 bits per heavy atom. The number of nitrogens with zero attached hydrogens (tertiary/aromatic N) is 3. The standard InChI is InChI=1S/C23H29FN4O2/c1-14(2)23(30)28-11-5-6-17(13-28)22-25-15(3)20(16(4)26-22)12-21(29)27-19-9-7-18(24)8-10-19/h7-10,14,17H,5-6,11-13H2,1-4H3,(H,27,29)/t17-/m0/s1. The fourth-order valence-electron chi connectivity index (χ4n) is 3.86. The van der Waals surface area contributed by atoms with Crippen LogP contribution in [0.4, 0.5) is 10.1 Å². The molecule has 7 heteroatoms. The fourth-order valence-corrected chi connectivity index (χ4v) is 3.86. The second-order valence-electron chi connectivity index (χ2n) is 8.24. The van der Waals surface area contributed by atoms with Gasteiger partial charge in [0.1, 0.15) is 11.6 Å². The Labute approximate surface area is 176 Å². The summed E-state index contributed by atoms with van der Waals surface area (Å²) < 4.78 is 13.0. The lowest BCUT2D eigenvalue weighted by Gasteiger charge is -2.33. The number of likely N-dealkylation sites (tertiary alicyclic amines) is 1. The van der Waals surface area contributed by atoms with Crippen molar-refractivity contribution in [2.45, 2.75) is 52.9 Å². The van der Waals surface area contributed by atoms with E-state index in [2.05, 4.69) is 15.3 Å². The molecule has 0 bridgehead atoms. The number of piperidine rings is 1. The number of carbonyl (C=O) groups excluding carboxylic acids is 2. The van der Waals surface area contributed by atoms with Crippen molar-refractivity contribution in [3.8, 4) is 0 Å². The minimum atomic E-state index is -0.347. The maximum Gasteiger partial charge on any atom is 0.228 e. The quantitative estimate of drug-likeness (QED) is 0.811. The van der Waals surface area contributed by atoms with Crippen LogP contribution in [-0.2, 0) is 16.0 Å². The maximum absolute atomic E-state index is 13.0. The van der Waals surface area contributed by atoms with Crippen LogP contribution < -0.4 is 5.32 Å². The zero-order valence-corrected chi connectivity index (χ0v) is 18.0. The average Bonchev–Trinajstić information content (AvgIpc) is 2.71. The molecule has 0 radical (unpaired) electrons. The van der Waals surface area contributed by atoms with Gasteiger partial charge in [-0.25, -0.2) is 14.4 Å². The summed E-state index contributed by atoms with van der Waals surface area (Å²) in [5, 5.41) is 2.77. The molecular formula is C23H29FN4O2. The van der Waals surface area contributed by atoms with Gasteiger partial charge < -0.3 is 10.2 Å². The number of carbonyl (C=O) groups is 2. The summed E-state index contributed by atoms with van der Waals surface area (Å²) in [7, 11) is 0. The zero-order valence-electron chi connectivity index (χ0n) is 18.0. The summed E-state index contributed by atoms with van der Waals surface area (Å²) >= 11 is 0. The largest absolute Gasteiger partial charge is 0.342 e. The van der Waals surface area contributed by atoms with Gasteiger partial charge in [-0.2, -0.15) is 0 Å². The fraction of sp³-hybridized carbons (Fsp3) is 0.478. The van der Waals surface area contributed by atoms with Crippen molar-refractivity contribution in [3.05, 3.63) is 52.9 Å². The van der Waals surface area contributed by atoms with Gasteiger partial charge in [0.15, 0.2) is 0 Å². The van der Waals surface area contributed by atoms with Gasteiger partial charge in [0.05, 0.1) is 6.42 Å². The lowest BCUT2D eigenvalue weighted by Crippen LogP contribution is -2.41. The normalized spacial score (nSPS) is 16.6. The molecule has 1 atom stereocenters. The van der Waals surface area contributed by atoms with Crippen molar-refractivity contribution in [3.63, 3.8) is 0 Å². The van der Waals surface area contributed by atoms with Gasteiger partial charge in [0.2, 0.25) is 11.8 Å². The topological polar surface area (TPSA) is 75.2 Å². The number of halogens is 1. The van der Waals surface area contributed by atoms with E-state index in [1.807, 2.05) is 32.6 Å². The molecule has 1 aliphatic heterocycles. The van der Waals surface area contributed by atoms with Crippen molar-refractivity contribution in [1.82, 2.24) is 14.9 Å². The number of nitrogens with one attached hydrogen (secondary N) is 1. The first kappa shape index (κ1) is 21.9. The van der Waals surface area contributed by atoms with E-state index < -0.39 is 0 Å². The molecule has 1 aromatic heterocycles. The van der Waals surface area contributed by atoms with Crippen LogP contribution in [0.1, 0.15) is 55.4 Å². The number of hydrogen-bond acceptors (Lipinski definition) is 4. The third-order valence-electron chi connectivity index (χ3n) is 5.50. The van der Waals surface area contributed by atoms with Crippen molar-refractivity contribution in [2.75, 3.05) is 18.4 Å². The highest BCUT2D eigenvalue weighted by Crippen LogP contribution is 2.27. The van der Waals surface area contributed by atoms with Crippen LogP contribution in [0.2, 0.25) is 0 Å². The van der Waals surface area contributed by atoms with Crippen molar-refractivity contribution in [1.29, 1.82) is 0 Å². The lowest BCUT2D eigenvalue weighted by atomic mass is 9.95. The predicted molar refractivity (Wildman–Crippen MR) is 114 cm³/mol. The van der Waals surface area contributed by atoms with Crippen LogP contribution >= 0.6 is 0 Å². The first-order valence-corrected chi connectivity index (χ1v) is 10.4. The Morgan fingerprint density at radius 2 is 1.80 bits per heavy atom. The molecule has 1 aromatic carbocycles. The highest BCUT2D eigenvalue weighted by atomic mass is 19.1. The van der Waals surface area contributed by atoms with Gasteiger partial charge in [-0.1, -0.05) is 13.8 Å². The summed E-state index contributed by atoms with van der Waals surface area (Å²) in [6, 6.07) is 5.67. The van der Waals surface area contributed by atoms with Crippen LogP contribution in [0.3, 0.4) is 0 Å². The Kier molecular flexibility index (Phi) is 6.80. The summed E-state index contributed by atoms with van der Waals surface area (Å²) in [4.78, 5) is 36.1. The van der Waals surface area contributed by atoms with E-state index in [9.17, 15) is 14.0 Å². The molecule has 1 N–H and O–H groups in total. The Balaban J connectivity index is 1.71. The molecule has 0 aliphatic carbocycles. The second kappa shape index (κ2) is 9.32. The molecule has 1 aliphatic rings. The summed E-state index contributed by atoms with van der Waals surface area (Å²) in [5.74, 6) is 0.461. The summed E-state index contributed by atoms with van der Waals surface area (Å²) in [5.41, 5.74) is 2.90. The van der Waals surface area contributed by atoms with Crippen molar-refractivity contribution >= 4 is 17.5 Å². The molecule has 2 amide bonds. The van der Waals surface area contributed by atoms with E-state index in [4.69, 9.17) is 0 Å². The molecule has 160 valence electrons. The second-order valence-corrected chi connectivity index (χ2v) is 8.24. The lowest BCUT2D eigenvalue weighted by molar-refractivity contribution is -0.135. The number of aromatic nitrogens is 2. The van der Waals surface area contributed by atoms with Crippen LogP contribution in [0.5, 0.6) is 0 Å². The Morgan fingerprint density at radius 3 is 2.40 bits per heavy atom. The molecule has 0 saturated carbocycles. The molecule has 1 fully saturated rings. The van der Waals surface area contributed by atoms with Gasteiger partial charge in [0.25, 0.3) is 0 Å². The molecule has 3 rings (SSSR count). The number of aryl methyl sites for hydroxylation is 2. The van der Waals surface area contributed by atoms with Crippen LogP contribution in [-0.4, -0.2) is 39.8 Å². The van der Waals surface area contributed by atoms with Gasteiger partial charge in [-0.3, -0.25) is 9.59 Å². The van der Waals surface area contributed by atoms with Crippen LogP contribution in [0.25, 0.3) is 0 Å². The highest BCUT2D eigenvalue weighted by molar-refractivity contribution is 5.92. The monoisotopic (exact) mass is 412 g/mol. The van der Waals surface area contributed by atoms with Gasteiger partial charge in [-0.05, 0) is 51.0 Å². The number of benzene rings is 1. The van der Waals surface area contributed by atoms with E-state index in [-0.39, 0.29) is 35.9 Å². The molecular weight excluding hydrogens is 383 g/mol. The third-order valence-corrected chi connectivity index (χ3v) is 5.50. The minimum Gasteiger partial charge on any atom is -0.342 e. The van der Waals surface area contributed by atoms with Crippen molar-refractivity contribution in [2.24, 2.45) is 5.92 Å². The summed E-state index contributed by atoms with van der Waals surface area (Å²) in [6.07, 6.45) is 2.04. The molecule has 0 unspecified atom stereocenters. The third kappa shape index (κ3) is 5.20. The van der Waals surface area contributed by atoms with Gasteiger partial charge in [-0.15, -0.1) is 0 Å². The average molecular weight is 413 g/mol. The van der Waals surface area contributed by atoms with E-state index in [1.54, 1.807) is 0 Å². The number of amides is 2. The van der Waals surface area contributed by atoms with Crippen molar-refractivity contribution < 1.29 is 14.0 Å². The molecule has 0 spiro atoms. The number of rotatable bonds is 5. The minimum absolute atomic E-state index is 0.0184. The molecule has 1 saturated heterocycles. The SMILES string of the molecule is Cc1nc([C@H]2CCCN(C(=O)C(C)C)C2)nc(C)c1CC(=O)Nc1ccc(F)cc1.